The van der Waals surface area contributed by atoms with Gasteiger partial charge in [-0.05, 0) is 19.8 Å². The maximum Gasteiger partial charge on any atom is 0.241 e. The molecule has 18 heavy (non-hydrogen) atoms. The lowest BCUT2D eigenvalue weighted by Crippen LogP contribution is -2.43. The Labute approximate surface area is 106 Å². The van der Waals surface area contributed by atoms with E-state index >= 15 is 0 Å². The number of nitrogens with one attached hydrogen (secondary N) is 1. The van der Waals surface area contributed by atoms with Crippen LogP contribution in [0, 0.1) is 0 Å². The van der Waals surface area contributed by atoms with Gasteiger partial charge in [0.15, 0.2) is 0 Å². The van der Waals surface area contributed by atoms with Crippen molar-refractivity contribution in [2.24, 2.45) is 12.8 Å². The first-order chi connectivity index (χ1) is 8.50. The molecule has 2 rings (SSSR count). The van der Waals surface area contributed by atoms with Gasteiger partial charge in [-0.25, -0.2) is 0 Å². The van der Waals surface area contributed by atoms with Crippen LogP contribution < -0.4 is 11.1 Å². The average molecular weight is 252 g/mol. The van der Waals surface area contributed by atoms with Crippen LogP contribution in [0.4, 0.5) is 0 Å². The van der Waals surface area contributed by atoms with Crippen molar-refractivity contribution in [1.29, 1.82) is 0 Å². The zero-order valence-corrected chi connectivity index (χ0v) is 10.8. The van der Waals surface area contributed by atoms with Crippen LogP contribution in [0.3, 0.4) is 0 Å². The van der Waals surface area contributed by atoms with Crippen LogP contribution >= 0.6 is 0 Å². The molecule has 1 aliphatic heterocycles. The summed E-state index contributed by atoms with van der Waals surface area (Å²) in [6, 6.07) is -0.677. The van der Waals surface area contributed by atoms with Crippen molar-refractivity contribution in [2.45, 2.75) is 31.4 Å². The normalized spacial score (nSPS) is 25.1. The van der Waals surface area contributed by atoms with E-state index in [9.17, 15) is 4.79 Å². The first-order valence-electron chi connectivity index (χ1n) is 6.16. The smallest absolute Gasteiger partial charge is 0.241 e. The third kappa shape index (κ3) is 2.88. The van der Waals surface area contributed by atoms with Gasteiger partial charge >= 0.3 is 0 Å². The van der Waals surface area contributed by atoms with Crippen molar-refractivity contribution in [3.05, 3.63) is 18.0 Å². The van der Waals surface area contributed by atoms with Gasteiger partial charge in [0.25, 0.3) is 0 Å². The molecule has 2 atom stereocenters. The maximum atomic E-state index is 11.9. The lowest BCUT2D eigenvalue weighted by Gasteiger charge is -2.24. The molecule has 0 aromatic carbocycles. The van der Waals surface area contributed by atoms with E-state index in [-0.39, 0.29) is 11.5 Å². The Hall–Kier alpha value is -1.40. The Kier molecular flexibility index (Phi) is 3.68. The summed E-state index contributed by atoms with van der Waals surface area (Å²) in [5, 5.41) is 6.85. The number of carbonyl (C=O) groups is 1. The van der Waals surface area contributed by atoms with E-state index in [1.807, 2.05) is 6.92 Å². The number of carbonyl (C=O) groups excluding carboxylic acids is 1. The third-order valence-electron chi connectivity index (χ3n) is 3.30. The molecule has 0 aliphatic carbocycles. The molecule has 0 radical (unpaired) electrons. The van der Waals surface area contributed by atoms with E-state index < -0.39 is 6.04 Å². The molecule has 1 amide bonds. The van der Waals surface area contributed by atoms with Crippen LogP contribution in [0.1, 0.15) is 31.4 Å². The highest BCUT2D eigenvalue weighted by Gasteiger charge is 2.30. The highest BCUT2D eigenvalue weighted by Crippen LogP contribution is 2.24. The number of nitrogens with zero attached hydrogens (tertiary/aromatic N) is 2. The second-order valence-electron chi connectivity index (χ2n) is 5.04. The van der Waals surface area contributed by atoms with E-state index in [0.29, 0.717) is 12.1 Å². The zero-order chi connectivity index (χ0) is 13.2. The molecular formula is C12H20N4O2. The summed E-state index contributed by atoms with van der Waals surface area (Å²) in [5.74, 6) is -0.195. The van der Waals surface area contributed by atoms with E-state index in [0.717, 1.165) is 19.4 Å². The fourth-order valence-electron chi connectivity index (χ4n) is 2.11. The summed E-state index contributed by atoms with van der Waals surface area (Å²) in [6.07, 6.45) is 5.37. The topological polar surface area (TPSA) is 82.2 Å². The van der Waals surface area contributed by atoms with Crippen LogP contribution in [0.5, 0.6) is 0 Å². The van der Waals surface area contributed by atoms with Gasteiger partial charge in [0.05, 0.1) is 11.8 Å². The summed E-state index contributed by atoms with van der Waals surface area (Å²) < 4.78 is 7.24. The number of ether oxygens (including phenoxy) is 1. The molecule has 1 aliphatic rings. The van der Waals surface area contributed by atoms with Crippen molar-refractivity contribution in [2.75, 3.05) is 13.2 Å². The van der Waals surface area contributed by atoms with Gasteiger partial charge in [-0.1, -0.05) is 0 Å². The molecule has 6 heteroatoms. The molecule has 100 valence electrons. The van der Waals surface area contributed by atoms with E-state index in [1.54, 1.807) is 24.1 Å². The number of rotatable bonds is 4. The first-order valence-corrected chi connectivity index (χ1v) is 6.16. The number of hydrogen-bond donors (Lipinski definition) is 2. The molecule has 1 saturated heterocycles. The lowest BCUT2D eigenvalue weighted by atomic mass is 10.0. The first kappa shape index (κ1) is 13.0. The summed E-state index contributed by atoms with van der Waals surface area (Å²) >= 11 is 0. The molecular weight excluding hydrogens is 232 g/mol. The van der Waals surface area contributed by atoms with Crippen molar-refractivity contribution >= 4 is 5.91 Å². The molecule has 1 aromatic rings. The van der Waals surface area contributed by atoms with Gasteiger partial charge in [0, 0.05) is 32.0 Å². The molecule has 2 unspecified atom stereocenters. The van der Waals surface area contributed by atoms with Crippen molar-refractivity contribution in [3.8, 4) is 0 Å². The molecule has 1 fully saturated rings. The minimum Gasteiger partial charge on any atom is -0.373 e. The highest BCUT2D eigenvalue weighted by atomic mass is 16.5. The summed E-state index contributed by atoms with van der Waals surface area (Å²) in [7, 11) is 1.79. The summed E-state index contributed by atoms with van der Waals surface area (Å²) in [4.78, 5) is 11.9. The largest absolute Gasteiger partial charge is 0.373 e. The van der Waals surface area contributed by atoms with E-state index in [2.05, 4.69) is 10.4 Å². The molecule has 2 heterocycles. The van der Waals surface area contributed by atoms with Gasteiger partial charge in [-0.2, -0.15) is 5.10 Å². The van der Waals surface area contributed by atoms with Crippen LogP contribution in [-0.2, 0) is 16.6 Å². The highest BCUT2D eigenvalue weighted by molar-refractivity contribution is 5.82. The van der Waals surface area contributed by atoms with Gasteiger partial charge in [-0.3, -0.25) is 9.48 Å². The lowest BCUT2D eigenvalue weighted by molar-refractivity contribution is -0.123. The van der Waals surface area contributed by atoms with Crippen LogP contribution in [0.2, 0.25) is 0 Å². The molecule has 1 aromatic heterocycles. The molecule has 0 bridgehead atoms. The second kappa shape index (κ2) is 5.07. The van der Waals surface area contributed by atoms with Gasteiger partial charge < -0.3 is 15.8 Å². The minimum absolute atomic E-state index is 0.195. The summed E-state index contributed by atoms with van der Waals surface area (Å²) in [5.41, 5.74) is 6.34. The van der Waals surface area contributed by atoms with E-state index in [1.165, 1.54) is 0 Å². The van der Waals surface area contributed by atoms with Crippen LogP contribution in [0.25, 0.3) is 0 Å². The number of amides is 1. The van der Waals surface area contributed by atoms with E-state index in [4.69, 9.17) is 10.5 Å². The van der Waals surface area contributed by atoms with Gasteiger partial charge in [-0.15, -0.1) is 0 Å². The third-order valence-corrected chi connectivity index (χ3v) is 3.30. The second-order valence-corrected chi connectivity index (χ2v) is 5.04. The van der Waals surface area contributed by atoms with Gasteiger partial charge in [0.2, 0.25) is 5.91 Å². The maximum absolute atomic E-state index is 11.9. The predicted molar refractivity (Wildman–Crippen MR) is 66.7 cm³/mol. The van der Waals surface area contributed by atoms with Crippen molar-refractivity contribution in [1.82, 2.24) is 15.1 Å². The number of hydrogen-bond acceptors (Lipinski definition) is 4. The Balaban J connectivity index is 1.88. The van der Waals surface area contributed by atoms with Crippen LogP contribution in [-0.4, -0.2) is 34.4 Å². The fraction of sp³-hybridized carbons (Fsp3) is 0.667. The Bertz CT molecular complexity index is 423. The minimum atomic E-state index is -0.677. The molecule has 6 nitrogen and oxygen atoms in total. The number of nitrogens with two attached hydrogens (primary N) is 1. The van der Waals surface area contributed by atoms with Crippen molar-refractivity contribution in [3.63, 3.8) is 0 Å². The zero-order valence-electron chi connectivity index (χ0n) is 10.8. The predicted octanol–water partition coefficient (Wildman–Crippen LogP) is 0.105. The summed E-state index contributed by atoms with van der Waals surface area (Å²) in [6.45, 7) is 3.27. The van der Waals surface area contributed by atoms with Crippen molar-refractivity contribution < 1.29 is 9.53 Å². The standard InChI is InChI=1S/C12H20N4O2/c1-12(4-3-5-18-12)8-14-11(17)10(13)9-6-15-16(2)7-9/h6-7,10H,3-5,8,13H2,1-2H3,(H,14,17). The monoisotopic (exact) mass is 252 g/mol. The SMILES string of the molecule is Cn1cc(C(N)C(=O)NCC2(C)CCCO2)cn1. The Morgan fingerprint density at radius 2 is 2.56 bits per heavy atom. The fourth-order valence-corrected chi connectivity index (χ4v) is 2.11. The van der Waals surface area contributed by atoms with Gasteiger partial charge in [0.1, 0.15) is 6.04 Å². The molecule has 0 saturated carbocycles. The average Bonchev–Trinajstić information content (AvgIpc) is 2.95. The quantitative estimate of drug-likeness (QED) is 0.796. The molecule has 3 N–H and O–H groups in total. The molecule has 0 spiro atoms. The number of aryl methyl sites for hydroxylation is 1. The number of aromatic nitrogens is 2. The Morgan fingerprint density at radius 3 is 3.11 bits per heavy atom. The Morgan fingerprint density at radius 1 is 1.78 bits per heavy atom. The van der Waals surface area contributed by atoms with Crippen LogP contribution in [0.15, 0.2) is 12.4 Å².